The van der Waals surface area contributed by atoms with Gasteiger partial charge in [0.25, 0.3) is 0 Å². The number of fused-ring (bicyclic) bond motifs is 1. The molecule has 0 N–H and O–H groups in total. The van der Waals surface area contributed by atoms with Gasteiger partial charge in [-0.1, -0.05) is 17.7 Å². The zero-order valence-corrected chi connectivity index (χ0v) is 15.5. The number of nitrogens with zero attached hydrogens (tertiary/aromatic N) is 5. The van der Waals surface area contributed by atoms with Gasteiger partial charge in [-0.05, 0) is 35.4 Å². The van der Waals surface area contributed by atoms with Gasteiger partial charge >= 0.3 is 6.61 Å². The van der Waals surface area contributed by atoms with E-state index >= 15 is 0 Å². The van der Waals surface area contributed by atoms with Crippen molar-refractivity contribution in [3.8, 4) is 22.9 Å². The molecule has 0 radical (unpaired) electrons. The van der Waals surface area contributed by atoms with E-state index in [1.807, 2.05) is 6.07 Å². The molecule has 0 bridgehead atoms. The molecule has 6 nitrogen and oxygen atoms in total. The molecule has 3 heterocycles. The minimum absolute atomic E-state index is 0.0954. The highest BCUT2D eigenvalue weighted by atomic mass is 35.5. The molecule has 0 saturated carbocycles. The summed E-state index contributed by atoms with van der Waals surface area (Å²) in [5, 5.41) is 13.5. The normalized spacial score (nSPS) is 11.0. The smallest absolute Gasteiger partial charge is 0.387 e. The number of rotatable bonds is 5. The molecule has 0 aliphatic carbocycles. The predicted octanol–water partition coefficient (Wildman–Crippen LogP) is 4.67. The molecule has 0 saturated heterocycles. The van der Waals surface area contributed by atoms with Gasteiger partial charge in [-0.15, -0.1) is 0 Å². The van der Waals surface area contributed by atoms with Crippen LogP contribution in [0.25, 0.3) is 22.2 Å². The molecule has 0 fully saturated rings. The molecule has 0 amide bonds. The van der Waals surface area contributed by atoms with Crippen molar-refractivity contribution in [2.45, 2.75) is 13.2 Å². The van der Waals surface area contributed by atoms with Crippen LogP contribution in [0.3, 0.4) is 0 Å². The fourth-order valence-electron chi connectivity index (χ4n) is 2.92. The largest absolute Gasteiger partial charge is 0.433 e. The number of hydrogen-bond acceptors (Lipinski definition) is 5. The highest BCUT2D eigenvalue weighted by molar-refractivity contribution is 6.32. The number of hydrogen-bond donors (Lipinski definition) is 0. The second-order valence-corrected chi connectivity index (χ2v) is 6.56. The summed E-state index contributed by atoms with van der Waals surface area (Å²) in [6, 6.07) is 10.3. The molecular weight excluding hydrogens is 400 g/mol. The number of pyridine rings is 2. The molecule has 0 unspecified atom stereocenters. The lowest BCUT2D eigenvalue weighted by atomic mass is 10.1. The van der Waals surface area contributed by atoms with Crippen LogP contribution in [-0.4, -0.2) is 26.4 Å². The third-order valence-corrected chi connectivity index (χ3v) is 4.54. The third kappa shape index (κ3) is 4.00. The van der Waals surface area contributed by atoms with Crippen LogP contribution in [-0.2, 0) is 6.54 Å². The van der Waals surface area contributed by atoms with Crippen molar-refractivity contribution in [2.75, 3.05) is 0 Å². The van der Waals surface area contributed by atoms with E-state index in [4.69, 9.17) is 16.9 Å². The quantitative estimate of drug-likeness (QED) is 0.477. The summed E-state index contributed by atoms with van der Waals surface area (Å²) in [4.78, 5) is 8.45. The van der Waals surface area contributed by atoms with Gasteiger partial charge in [0.2, 0.25) is 0 Å². The molecule has 0 atom stereocenters. The fraction of sp³-hybridized carbons (Fsp3) is 0.100. The first-order chi connectivity index (χ1) is 14.0. The molecule has 0 aliphatic rings. The van der Waals surface area contributed by atoms with E-state index in [-0.39, 0.29) is 10.8 Å². The summed E-state index contributed by atoms with van der Waals surface area (Å²) in [5.41, 5.74) is 4.02. The average Bonchev–Trinajstić information content (AvgIpc) is 3.11. The maximum absolute atomic E-state index is 12.6. The molecule has 0 spiro atoms. The van der Waals surface area contributed by atoms with Crippen LogP contribution in [0, 0.1) is 11.3 Å². The Morgan fingerprint density at radius 2 is 1.97 bits per heavy atom. The molecule has 0 aliphatic heterocycles. The van der Waals surface area contributed by atoms with Crippen LogP contribution >= 0.6 is 11.6 Å². The minimum atomic E-state index is -2.97. The molecule has 144 valence electrons. The minimum Gasteiger partial charge on any atom is -0.433 e. The van der Waals surface area contributed by atoms with Gasteiger partial charge < -0.3 is 4.74 Å². The van der Waals surface area contributed by atoms with Crippen molar-refractivity contribution >= 4 is 22.6 Å². The molecule has 1 aromatic carbocycles. The van der Waals surface area contributed by atoms with Crippen molar-refractivity contribution in [3.05, 3.63) is 71.3 Å². The average molecular weight is 412 g/mol. The van der Waals surface area contributed by atoms with Crippen LogP contribution in [0.2, 0.25) is 5.02 Å². The summed E-state index contributed by atoms with van der Waals surface area (Å²) < 4.78 is 31.4. The van der Waals surface area contributed by atoms with Crippen LogP contribution in [0.1, 0.15) is 11.1 Å². The summed E-state index contributed by atoms with van der Waals surface area (Å²) in [5.74, 6) is -0.104. The maximum Gasteiger partial charge on any atom is 0.387 e. The van der Waals surface area contributed by atoms with Gasteiger partial charge in [-0.2, -0.15) is 19.1 Å². The van der Waals surface area contributed by atoms with Crippen LogP contribution in [0.5, 0.6) is 5.75 Å². The monoisotopic (exact) mass is 411 g/mol. The number of alkyl halides is 2. The van der Waals surface area contributed by atoms with Crippen molar-refractivity contribution in [1.29, 1.82) is 5.26 Å². The first kappa shape index (κ1) is 18.8. The zero-order chi connectivity index (χ0) is 20.4. The van der Waals surface area contributed by atoms with Gasteiger partial charge in [0.15, 0.2) is 0 Å². The van der Waals surface area contributed by atoms with E-state index in [0.29, 0.717) is 28.8 Å². The van der Waals surface area contributed by atoms with E-state index in [2.05, 4.69) is 25.9 Å². The topological polar surface area (TPSA) is 76.6 Å². The summed E-state index contributed by atoms with van der Waals surface area (Å²) >= 11 is 5.93. The summed E-state index contributed by atoms with van der Waals surface area (Å²) in [6.07, 6.45) is 6.41. The second-order valence-electron chi connectivity index (χ2n) is 6.15. The van der Waals surface area contributed by atoms with Crippen LogP contribution in [0.15, 0.2) is 55.1 Å². The van der Waals surface area contributed by atoms with Gasteiger partial charge in [0.05, 0.1) is 28.8 Å². The van der Waals surface area contributed by atoms with Gasteiger partial charge in [0.1, 0.15) is 17.3 Å². The Morgan fingerprint density at radius 3 is 2.76 bits per heavy atom. The SMILES string of the molecule is N#Cc1cncc(Cn2ncc3ncc(-c4ccc(Cl)c(OC(F)F)c4)cc32)c1. The van der Waals surface area contributed by atoms with Crippen molar-refractivity contribution in [3.63, 3.8) is 0 Å². The molecule has 29 heavy (non-hydrogen) atoms. The zero-order valence-electron chi connectivity index (χ0n) is 14.8. The fourth-order valence-corrected chi connectivity index (χ4v) is 3.08. The van der Waals surface area contributed by atoms with Crippen molar-refractivity contribution < 1.29 is 13.5 Å². The Kier molecular flexibility index (Phi) is 5.06. The highest BCUT2D eigenvalue weighted by Gasteiger charge is 2.12. The van der Waals surface area contributed by atoms with Crippen LogP contribution in [0.4, 0.5) is 8.78 Å². The summed E-state index contributed by atoms with van der Waals surface area (Å²) in [6.45, 7) is -2.57. The Bertz CT molecular complexity index is 1240. The Morgan fingerprint density at radius 1 is 1.10 bits per heavy atom. The number of benzene rings is 1. The Labute approximate surface area is 169 Å². The standard InChI is InChI=1S/C20H12ClF2N5O/c21-16-2-1-14(5-19(16)29-20(22)23)15-4-18-17(26-9-15)10-27-28(18)11-13-3-12(6-24)7-25-8-13/h1-5,7-10,20H,11H2. The van der Waals surface area contributed by atoms with E-state index in [1.54, 1.807) is 35.4 Å². The van der Waals surface area contributed by atoms with E-state index in [1.165, 1.54) is 18.3 Å². The number of nitriles is 1. The lowest BCUT2D eigenvalue weighted by molar-refractivity contribution is -0.0497. The van der Waals surface area contributed by atoms with Crippen LogP contribution < -0.4 is 4.74 Å². The highest BCUT2D eigenvalue weighted by Crippen LogP contribution is 2.32. The maximum atomic E-state index is 12.6. The lowest BCUT2D eigenvalue weighted by Gasteiger charge is -2.10. The van der Waals surface area contributed by atoms with Gasteiger partial charge in [0, 0.05) is 24.2 Å². The van der Waals surface area contributed by atoms with E-state index < -0.39 is 6.61 Å². The van der Waals surface area contributed by atoms with Gasteiger partial charge in [-0.3, -0.25) is 14.6 Å². The van der Waals surface area contributed by atoms with E-state index in [9.17, 15) is 8.78 Å². The molecule has 4 aromatic rings. The van der Waals surface area contributed by atoms with Gasteiger partial charge in [-0.25, -0.2) is 0 Å². The molecule has 4 rings (SSSR count). The number of halogens is 3. The van der Waals surface area contributed by atoms with E-state index in [0.717, 1.165) is 11.1 Å². The second kappa shape index (κ2) is 7.81. The molecule has 3 aromatic heterocycles. The first-order valence-corrected chi connectivity index (χ1v) is 8.81. The molecule has 9 heteroatoms. The van der Waals surface area contributed by atoms with Crippen molar-refractivity contribution in [1.82, 2.24) is 19.7 Å². The number of aromatic nitrogens is 4. The number of ether oxygens (including phenoxy) is 1. The first-order valence-electron chi connectivity index (χ1n) is 8.44. The van der Waals surface area contributed by atoms with Crippen molar-refractivity contribution in [2.24, 2.45) is 0 Å². The summed E-state index contributed by atoms with van der Waals surface area (Å²) in [7, 11) is 0. The molecular formula is C20H12ClF2N5O. The lowest BCUT2D eigenvalue weighted by Crippen LogP contribution is -2.03. The third-order valence-electron chi connectivity index (χ3n) is 4.23. The Balaban J connectivity index is 1.71. The predicted molar refractivity (Wildman–Crippen MR) is 103 cm³/mol. The Hall–Kier alpha value is -3.57.